The van der Waals surface area contributed by atoms with E-state index >= 15 is 0 Å². The Bertz CT molecular complexity index is 629. The smallest absolute Gasteiger partial charge is 0.106 e. The van der Waals surface area contributed by atoms with Gasteiger partial charge in [-0.3, -0.25) is 4.90 Å². The molecule has 1 aromatic heterocycles. The molecule has 5 heteroatoms. The van der Waals surface area contributed by atoms with Gasteiger partial charge in [0.15, 0.2) is 0 Å². The molecule has 1 aliphatic heterocycles. The van der Waals surface area contributed by atoms with Crippen LogP contribution >= 0.6 is 12.4 Å². The third kappa shape index (κ3) is 3.62. The minimum absolute atomic E-state index is 0. The van der Waals surface area contributed by atoms with Gasteiger partial charge in [0, 0.05) is 24.7 Å². The van der Waals surface area contributed by atoms with Crippen LogP contribution in [-0.4, -0.2) is 39.1 Å². The number of fused-ring (bicyclic) bond motifs is 1. The monoisotopic (exact) mass is 322 g/mol. The number of hydrogen-bond donors (Lipinski definition) is 1. The third-order valence-corrected chi connectivity index (χ3v) is 4.35. The highest BCUT2D eigenvalue weighted by Gasteiger charge is 2.29. The molecule has 0 amide bonds. The van der Waals surface area contributed by atoms with Crippen LogP contribution in [0.4, 0.5) is 0 Å². The van der Waals surface area contributed by atoms with Crippen LogP contribution in [0.15, 0.2) is 24.3 Å². The van der Waals surface area contributed by atoms with E-state index in [1.807, 2.05) is 0 Å². The molecule has 0 radical (unpaired) electrons. The molecule has 2 aromatic rings. The molecule has 2 heterocycles. The van der Waals surface area contributed by atoms with Crippen molar-refractivity contribution in [1.29, 1.82) is 0 Å². The molecule has 1 fully saturated rings. The molecule has 122 valence electrons. The van der Waals surface area contributed by atoms with Crippen molar-refractivity contribution in [2.75, 3.05) is 13.1 Å². The van der Waals surface area contributed by atoms with Crippen molar-refractivity contribution in [2.45, 2.75) is 51.7 Å². The summed E-state index contributed by atoms with van der Waals surface area (Å²) in [6, 6.07) is 8.98. The van der Waals surface area contributed by atoms with Crippen LogP contribution in [0, 0.1) is 6.92 Å². The molecule has 1 aromatic carbocycles. The van der Waals surface area contributed by atoms with Crippen LogP contribution in [0.25, 0.3) is 11.0 Å². The first-order valence-electron chi connectivity index (χ1n) is 7.89. The molecule has 0 saturated carbocycles. The lowest BCUT2D eigenvalue weighted by atomic mass is 10.1. The van der Waals surface area contributed by atoms with E-state index in [9.17, 15) is 0 Å². The van der Waals surface area contributed by atoms with Gasteiger partial charge >= 0.3 is 0 Å². The number of nitrogens with two attached hydrogens (primary N) is 1. The molecule has 4 nitrogen and oxygen atoms in total. The zero-order valence-corrected chi connectivity index (χ0v) is 14.6. The van der Waals surface area contributed by atoms with Gasteiger partial charge in [-0.2, -0.15) is 0 Å². The number of imidazole rings is 1. The molecule has 0 aliphatic carbocycles. The summed E-state index contributed by atoms with van der Waals surface area (Å²) in [5, 5.41) is 0. The van der Waals surface area contributed by atoms with Gasteiger partial charge in [-0.15, -0.1) is 12.4 Å². The second-order valence-corrected chi connectivity index (χ2v) is 7.01. The highest BCUT2D eigenvalue weighted by Crippen LogP contribution is 2.23. The van der Waals surface area contributed by atoms with Crippen molar-refractivity contribution >= 4 is 23.4 Å². The number of likely N-dealkylation sites (tertiary alicyclic amines) is 1. The highest BCUT2D eigenvalue weighted by molar-refractivity contribution is 5.85. The van der Waals surface area contributed by atoms with E-state index in [4.69, 9.17) is 5.73 Å². The molecule has 3 rings (SSSR count). The summed E-state index contributed by atoms with van der Waals surface area (Å²) in [5.74, 6) is 1.11. The van der Waals surface area contributed by atoms with Gasteiger partial charge in [0.05, 0.1) is 11.0 Å². The van der Waals surface area contributed by atoms with E-state index in [1.54, 1.807) is 0 Å². The number of halogens is 1. The molecular formula is C17H27ClN4. The lowest BCUT2D eigenvalue weighted by molar-refractivity contribution is 0.194. The van der Waals surface area contributed by atoms with Gasteiger partial charge in [-0.1, -0.05) is 12.1 Å². The maximum absolute atomic E-state index is 6.21. The predicted molar refractivity (Wildman–Crippen MR) is 94.6 cm³/mol. The lowest BCUT2D eigenvalue weighted by Gasteiger charge is -2.31. The van der Waals surface area contributed by atoms with Crippen LogP contribution in [0.5, 0.6) is 0 Å². The lowest BCUT2D eigenvalue weighted by Crippen LogP contribution is -2.47. The topological polar surface area (TPSA) is 47.1 Å². The minimum atomic E-state index is -0.130. The number of hydrogen-bond acceptors (Lipinski definition) is 3. The number of aryl methyl sites for hydroxylation is 1. The SMILES string of the molecule is Cc1nc2ccccc2n1CC1CCCN1CC(C)(C)N.Cl. The summed E-state index contributed by atoms with van der Waals surface area (Å²) in [7, 11) is 0. The van der Waals surface area contributed by atoms with Crippen molar-refractivity contribution in [3.05, 3.63) is 30.1 Å². The van der Waals surface area contributed by atoms with Gasteiger partial charge in [-0.05, 0) is 52.3 Å². The molecule has 1 saturated heterocycles. The van der Waals surface area contributed by atoms with E-state index < -0.39 is 0 Å². The zero-order chi connectivity index (χ0) is 15.0. The van der Waals surface area contributed by atoms with Gasteiger partial charge in [0.2, 0.25) is 0 Å². The van der Waals surface area contributed by atoms with Gasteiger partial charge in [0.25, 0.3) is 0 Å². The molecular weight excluding hydrogens is 296 g/mol. The number of aromatic nitrogens is 2. The van der Waals surface area contributed by atoms with Crippen LogP contribution in [0.3, 0.4) is 0 Å². The Hall–Kier alpha value is -1.10. The fraction of sp³-hybridized carbons (Fsp3) is 0.588. The molecule has 1 atom stereocenters. The number of nitrogens with zero attached hydrogens (tertiary/aromatic N) is 3. The number of para-hydroxylation sites is 2. The van der Waals surface area contributed by atoms with E-state index in [0.717, 1.165) is 31.0 Å². The first-order valence-corrected chi connectivity index (χ1v) is 7.89. The Morgan fingerprint density at radius 3 is 2.77 bits per heavy atom. The van der Waals surface area contributed by atoms with Crippen LogP contribution in [0.2, 0.25) is 0 Å². The van der Waals surface area contributed by atoms with Crippen LogP contribution in [0.1, 0.15) is 32.5 Å². The first kappa shape index (κ1) is 17.3. The highest BCUT2D eigenvalue weighted by atomic mass is 35.5. The molecule has 1 unspecified atom stereocenters. The Kier molecular flexibility index (Phi) is 5.15. The summed E-state index contributed by atoms with van der Waals surface area (Å²) in [5.41, 5.74) is 8.42. The Morgan fingerprint density at radius 1 is 1.32 bits per heavy atom. The maximum atomic E-state index is 6.21. The largest absolute Gasteiger partial charge is 0.327 e. The Balaban J connectivity index is 0.00000176. The Labute approximate surface area is 139 Å². The number of benzene rings is 1. The van der Waals surface area contributed by atoms with E-state index in [1.165, 1.54) is 18.4 Å². The normalized spacial score (nSPS) is 19.5. The van der Waals surface area contributed by atoms with Gasteiger partial charge in [-0.25, -0.2) is 4.98 Å². The van der Waals surface area contributed by atoms with E-state index in [0.29, 0.717) is 6.04 Å². The molecule has 1 aliphatic rings. The average molecular weight is 323 g/mol. The van der Waals surface area contributed by atoms with Crippen molar-refractivity contribution in [3.63, 3.8) is 0 Å². The van der Waals surface area contributed by atoms with Gasteiger partial charge in [0.1, 0.15) is 5.82 Å². The van der Waals surface area contributed by atoms with Gasteiger partial charge < -0.3 is 10.3 Å². The first-order chi connectivity index (χ1) is 9.94. The molecule has 0 bridgehead atoms. The summed E-state index contributed by atoms with van der Waals surface area (Å²) >= 11 is 0. The van der Waals surface area contributed by atoms with Crippen molar-refractivity contribution in [2.24, 2.45) is 5.73 Å². The molecule has 22 heavy (non-hydrogen) atoms. The van der Waals surface area contributed by atoms with Crippen LogP contribution in [-0.2, 0) is 6.54 Å². The fourth-order valence-electron chi connectivity index (χ4n) is 3.47. The van der Waals surface area contributed by atoms with E-state index in [-0.39, 0.29) is 17.9 Å². The average Bonchev–Trinajstić information content (AvgIpc) is 2.94. The van der Waals surface area contributed by atoms with E-state index in [2.05, 4.69) is 59.5 Å². The summed E-state index contributed by atoms with van der Waals surface area (Å²) in [6.45, 7) is 9.47. The molecule has 2 N–H and O–H groups in total. The second kappa shape index (κ2) is 6.57. The molecule has 0 spiro atoms. The van der Waals surface area contributed by atoms with Crippen molar-refractivity contribution in [1.82, 2.24) is 14.5 Å². The summed E-state index contributed by atoms with van der Waals surface area (Å²) in [6.07, 6.45) is 2.52. The Morgan fingerprint density at radius 2 is 2.05 bits per heavy atom. The maximum Gasteiger partial charge on any atom is 0.106 e. The quantitative estimate of drug-likeness (QED) is 0.941. The number of rotatable bonds is 4. The summed E-state index contributed by atoms with van der Waals surface area (Å²) in [4.78, 5) is 7.22. The standard InChI is InChI=1S/C17H26N4.ClH/c1-13-19-15-8-4-5-9-16(15)21(13)11-14-7-6-10-20(14)12-17(2,3)18;/h4-5,8-9,14H,6-7,10-12,18H2,1-3H3;1H. The zero-order valence-electron chi connectivity index (χ0n) is 13.7. The van der Waals surface area contributed by atoms with Crippen molar-refractivity contribution < 1.29 is 0 Å². The fourth-order valence-corrected chi connectivity index (χ4v) is 3.47. The third-order valence-electron chi connectivity index (χ3n) is 4.35. The minimum Gasteiger partial charge on any atom is -0.327 e. The predicted octanol–water partition coefficient (Wildman–Crippen LogP) is 2.97. The summed E-state index contributed by atoms with van der Waals surface area (Å²) < 4.78 is 2.36. The second-order valence-electron chi connectivity index (χ2n) is 7.01. The van der Waals surface area contributed by atoms with Crippen LogP contribution < -0.4 is 5.73 Å². The van der Waals surface area contributed by atoms with Crippen molar-refractivity contribution in [3.8, 4) is 0 Å².